The molecule has 2 rings (SSSR count). The Balaban J connectivity index is 2.05. The largest absolute Gasteiger partial charge is 0.334 e. The van der Waals surface area contributed by atoms with Gasteiger partial charge in [0.2, 0.25) is 0 Å². The Kier molecular flexibility index (Phi) is 4.30. The molecule has 0 aliphatic heterocycles. The van der Waals surface area contributed by atoms with Gasteiger partial charge < -0.3 is 10.6 Å². The lowest BCUT2D eigenvalue weighted by Crippen LogP contribution is -2.28. The number of carbonyl (C=O) groups is 1. The molecule has 1 aromatic carbocycles. The van der Waals surface area contributed by atoms with E-state index in [1.807, 2.05) is 30.3 Å². The maximum atomic E-state index is 11.5. The van der Waals surface area contributed by atoms with Gasteiger partial charge in [-0.15, -0.1) is 0 Å². The predicted molar refractivity (Wildman–Crippen MR) is 76.8 cm³/mol. The van der Waals surface area contributed by atoms with Crippen molar-refractivity contribution in [3.63, 3.8) is 0 Å². The zero-order valence-electron chi connectivity index (χ0n) is 9.56. The minimum Gasteiger partial charge on any atom is -0.334 e. The number of amides is 2. The van der Waals surface area contributed by atoms with Gasteiger partial charge in [-0.05, 0) is 17.1 Å². The lowest BCUT2D eigenvalue weighted by atomic mass is 10.2. The first-order valence-corrected chi connectivity index (χ1v) is 6.36. The van der Waals surface area contributed by atoms with Crippen LogP contribution in [0, 0.1) is 0 Å². The number of fused-ring (bicyclic) bond motifs is 1. The van der Waals surface area contributed by atoms with E-state index in [0.717, 1.165) is 10.9 Å². The van der Waals surface area contributed by atoms with Crippen molar-refractivity contribution in [2.45, 2.75) is 0 Å². The summed E-state index contributed by atoms with van der Waals surface area (Å²) in [6.07, 6.45) is 3.43. The van der Waals surface area contributed by atoms with Crippen molar-refractivity contribution in [2.75, 3.05) is 11.9 Å². The number of halogens is 1. The maximum Gasteiger partial charge on any atom is 0.319 e. The van der Waals surface area contributed by atoms with Crippen LogP contribution < -0.4 is 10.6 Å². The number of anilines is 1. The number of hydrogen-bond donors (Lipinski definition) is 2. The summed E-state index contributed by atoms with van der Waals surface area (Å²) in [4.78, 5) is 17.5. The van der Waals surface area contributed by atoms with Gasteiger partial charge in [0.1, 0.15) is 0 Å². The molecule has 2 N–H and O–H groups in total. The average molecular weight is 306 g/mol. The van der Waals surface area contributed by atoms with Crippen molar-refractivity contribution < 1.29 is 4.79 Å². The van der Waals surface area contributed by atoms with Gasteiger partial charge in [-0.2, -0.15) is 0 Å². The molecular formula is C13H12BrN3O. The minimum absolute atomic E-state index is 0.252. The third-order valence-electron chi connectivity index (χ3n) is 2.32. The number of nitrogens with one attached hydrogen (secondary N) is 2. The van der Waals surface area contributed by atoms with E-state index in [4.69, 9.17) is 0 Å². The topological polar surface area (TPSA) is 54.0 Å². The number of nitrogens with zero attached hydrogens (tertiary/aromatic N) is 1. The van der Waals surface area contributed by atoms with Gasteiger partial charge in [-0.25, -0.2) is 4.79 Å². The fourth-order valence-electron chi connectivity index (χ4n) is 1.51. The standard InChI is InChI=1S/C13H12BrN3O/c14-6-3-7-15-13(18)17-11-8-10-4-1-2-5-12(10)16-9-11/h1-6,8-9H,7H2,(H2,15,17,18)/b6-3-. The second kappa shape index (κ2) is 6.16. The molecule has 1 aromatic heterocycles. The fourth-order valence-corrected chi connectivity index (χ4v) is 1.70. The van der Waals surface area contributed by atoms with Crippen LogP contribution in [0.1, 0.15) is 0 Å². The zero-order valence-corrected chi connectivity index (χ0v) is 11.1. The minimum atomic E-state index is -0.252. The van der Waals surface area contributed by atoms with Crippen LogP contribution in [0.3, 0.4) is 0 Å². The SMILES string of the molecule is O=C(NC/C=C\Br)Nc1cnc2ccccc2c1. The summed E-state index contributed by atoms with van der Waals surface area (Å²) < 4.78 is 0. The Bertz CT molecular complexity index is 583. The molecule has 1 heterocycles. The van der Waals surface area contributed by atoms with Crippen molar-refractivity contribution in [1.82, 2.24) is 10.3 Å². The molecular weight excluding hydrogens is 294 g/mol. The predicted octanol–water partition coefficient (Wildman–Crippen LogP) is 3.26. The van der Waals surface area contributed by atoms with E-state index in [9.17, 15) is 4.79 Å². The molecule has 5 heteroatoms. The molecule has 0 radical (unpaired) electrons. The van der Waals surface area contributed by atoms with Crippen molar-refractivity contribution >= 4 is 38.6 Å². The second-order valence-electron chi connectivity index (χ2n) is 3.61. The molecule has 2 aromatic rings. The molecule has 18 heavy (non-hydrogen) atoms. The van der Waals surface area contributed by atoms with Gasteiger partial charge >= 0.3 is 6.03 Å². The summed E-state index contributed by atoms with van der Waals surface area (Å²) in [6.45, 7) is 0.470. The van der Waals surface area contributed by atoms with Crippen LogP contribution in [0.25, 0.3) is 10.9 Å². The third-order valence-corrected chi connectivity index (χ3v) is 2.69. The van der Waals surface area contributed by atoms with Gasteiger partial charge in [0.25, 0.3) is 0 Å². The average Bonchev–Trinajstić information content (AvgIpc) is 2.39. The Morgan fingerprint density at radius 2 is 2.22 bits per heavy atom. The van der Waals surface area contributed by atoms with Crippen LogP contribution in [-0.2, 0) is 0 Å². The van der Waals surface area contributed by atoms with Crippen LogP contribution in [0.4, 0.5) is 10.5 Å². The number of hydrogen-bond acceptors (Lipinski definition) is 2. The fraction of sp³-hybridized carbons (Fsp3) is 0.0769. The molecule has 0 spiro atoms. The summed E-state index contributed by atoms with van der Waals surface area (Å²) in [7, 11) is 0. The van der Waals surface area contributed by atoms with E-state index in [1.165, 1.54) is 0 Å². The number of pyridine rings is 1. The van der Waals surface area contributed by atoms with Crippen LogP contribution >= 0.6 is 15.9 Å². The quantitative estimate of drug-likeness (QED) is 0.914. The molecule has 4 nitrogen and oxygen atoms in total. The second-order valence-corrected chi connectivity index (χ2v) is 4.14. The van der Waals surface area contributed by atoms with Gasteiger partial charge in [0, 0.05) is 11.9 Å². The Morgan fingerprint density at radius 1 is 1.39 bits per heavy atom. The number of carbonyl (C=O) groups excluding carboxylic acids is 1. The van der Waals surface area contributed by atoms with Crippen LogP contribution in [0.5, 0.6) is 0 Å². The van der Waals surface area contributed by atoms with E-state index >= 15 is 0 Å². The number of rotatable bonds is 3. The van der Waals surface area contributed by atoms with Crippen molar-refractivity contribution in [1.29, 1.82) is 0 Å². The van der Waals surface area contributed by atoms with Gasteiger partial charge in [-0.3, -0.25) is 4.98 Å². The first kappa shape index (κ1) is 12.6. The molecule has 0 fully saturated rings. The highest BCUT2D eigenvalue weighted by molar-refractivity contribution is 9.11. The Labute approximate surface area is 113 Å². The first-order valence-electron chi connectivity index (χ1n) is 5.44. The molecule has 0 aliphatic rings. The van der Waals surface area contributed by atoms with E-state index in [1.54, 1.807) is 17.3 Å². The summed E-state index contributed by atoms with van der Waals surface area (Å²) in [6, 6.07) is 9.40. The smallest absolute Gasteiger partial charge is 0.319 e. The lowest BCUT2D eigenvalue weighted by Gasteiger charge is -2.06. The monoisotopic (exact) mass is 305 g/mol. The molecule has 0 bridgehead atoms. The van der Waals surface area contributed by atoms with Gasteiger partial charge in [-0.1, -0.05) is 40.2 Å². The van der Waals surface area contributed by atoms with E-state index in [-0.39, 0.29) is 6.03 Å². The van der Waals surface area contributed by atoms with Gasteiger partial charge in [0.15, 0.2) is 0 Å². The highest BCUT2D eigenvalue weighted by atomic mass is 79.9. The number of aromatic nitrogens is 1. The van der Waals surface area contributed by atoms with Crippen LogP contribution in [-0.4, -0.2) is 17.6 Å². The molecule has 0 unspecified atom stereocenters. The van der Waals surface area contributed by atoms with Crippen molar-refractivity contribution in [3.8, 4) is 0 Å². The normalized spacial score (nSPS) is 10.7. The molecule has 0 saturated carbocycles. The maximum absolute atomic E-state index is 11.5. The van der Waals surface area contributed by atoms with E-state index < -0.39 is 0 Å². The van der Waals surface area contributed by atoms with Crippen LogP contribution in [0.15, 0.2) is 47.6 Å². The summed E-state index contributed by atoms with van der Waals surface area (Å²) in [5.74, 6) is 0. The molecule has 0 saturated heterocycles. The first-order chi connectivity index (χ1) is 8.79. The molecule has 0 atom stereocenters. The zero-order chi connectivity index (χ0) is 12.8. The number of urea groups is 1. The Hall–Kier alpha value is -1.88. The van der Waals surface area contributed by atoms with Crippen molar-refractivity contribution in [3.05, 3.63) is 47.6 Å². The molecule has 0 aliphatic carbocycles. The Morgan fingerprint density at radius 3 is 3.06 bits per heavy atom. The summed E-state index contributed by atoms with van der Waals surface area (Å²) in [5.41, 5.74) is 1.58. The molecule has 2 amide bonds. The highest BCUT2D eigenvalue weighted by Crippen LogP contribution is 2.15. The third kappa shape index (κ3) is 3.30. The number of para-hydroxylation sites is 1. The number of benzene rings is 1. The van der Waals surface area contributed by atoms with E-state index in [2.05, 4.69) is 31.5 Å². The van der Waals surface area contributed by atoms with E-state index in [0.29, 0.717) is 12.2 Å². The van der Waals surface area contributed by atoms with Gasteiger partial charge in [0.05, 0.1) is 17.4 Å². The lowest BCUT2D eigenvalue weighted by molar-refractivity contribution is 0.253. The van der Waals surface area contributed by atoms with Crippen molar-refractivity contribution in [2.24, 2.45) is 0 Å². The summed E-state index contributed by atoms with van der Waals surface area (Å²) in [5, 5.41) is 6.41. The van der Waals surface area contributed by atoms with Crippen LogP contribution in [0.2, 0.25) is 0 Å². The highest BCUT2D eigenvalue weighted by Gasteiger charge is 2.01. The summed E-state index contributed by atoms with van der Waals surface area (Å²) >= 11 is 3.13. The molecule has 92 valence electrons.